The van der Waals surface area contributed by atoms with Crippen LogP contribution in [0.3, 0.4) is 0 Å². The van der Waals surface area contributed by atoms with E-state index < -0.39 is 0 Å². The van der Waals surface area contributed by atoms with E-state index in [1.807, 2.05) is 0 Å². The third-order valence-corrected chi connectivity index (χ3v) is 3.04. The highest BCUT2D eigenvalue weighted by Crippen LogP contribution is 2.34. The van der Waals surface area contributed by atoms with Crippen molar-refractivity contribution in [2.24, 2.45) is 0 Å². The Morgan fingerprint density at radius 3 is 1.83 bits per heavy atom. The van der Waals surface area contributed by atoms with Crippen LogP contribution in [0.5, 0.6) is 0 Å². The van der Waals surface area contributed by atoms with Crippen LogP contribution in [-0.4, -0.2) is 18.2 Å². The zero-order valence-electron chi connectivity index (χ0n) is 9.06. The fourth-order valence-corrected chi connectivity index (χ4v) is 1.33. The summed E-state index contributed by atoms with van der Waals surface area (Å²) < 4.78 is 5.91. The van der Waals surface area contributed by atoms with Crippen LogP contribution in [0.15, 0.2) is 0 Å². The molecule has 0 unspecified atom stereocenters. The van der Waals surface area contributed by atoms with Gasteiger partial charge in [0.2, 0.25) is 0 Å². The first kappa shape index (κ1) is 10.1. The molecule has 2 nitrogen and oxygen atoms in total. The third kappa shape index (κ3) is 1.53. The van der Waals surface area contributed by atoms with Gasteiger partial charge in [-0.3, -0.25) is 0 Å². The van der Waals surface area contributed by atoms with Crippen molar-refractivity contribution in [1.82, 2.24) is 5.23 Å². The molecule has 0 amide bonds. The van der Waals surface area contributed by atoms with Crippen LogP contribution in [0.4, 0.5) is 0 Å². The highest BCUT2D eigenvalue weighted by Gasteiger charge is 2.49. The fraction of sp³-hybridized carbons (Fsp3) is 1.00. The molecule has 1 aliphatic rings. The van der Waals surface area contributed by atoms with Crippen LogP contribution in [0.1, 0.15) is 41.5 Å². The summed E-state index contributed by atoms with van der Waals surface area (Å²) in [7, 11) is 0.204. The normalized spacial score (nSPS) is 26.8. The van der Waals surface area contributed by atoms with Crippen LogP contribution in [-0.2, 0) is 4.65 Å². The highest BCUT2D eigenvalue weighted by molar-refractivity contribution is 6.51. The molecule has 70 valence electrons. The molecule has 0 aromatic rings. The molecule has 0 saturated carbocycles. The molecule has 0 aliphatic carbocycles. The predicted molar refractivity (Wildman–Crippen MR) is 53.2 cm³/mol. The topological polar surface area (TPSA) is 21.3 Å². The van der Waals surface area contributed by atoms with Crippen molar-refractivity contribution < 1.29 is 4.65 Å². The summed E-state index contributed by atoms with van der Waals surface area (Å²) in [5, 5.41) is 3.50. The van der Waals surface area contributed by atoms with E-state index in [4.69, 9.17) is 4.65 Å². The molecular formula is C9H20BNO. The monoisotopic (exact) mass is 169 g/mol. The molecular weight excluding hydrogens is 149 g/mol. The lowest BCUT2D eigenvalue weighted by molar-refractivity contribution is 0.0725. The van der Waals surface area contributed by atoms with Crippen LogP contribution in [0, 0.1) is 0 Å². The van der Waals surface area contributed by atoms with E-state index in [1.54, 1.807) is 0 Å². The van der Waals surface area contributed by atoms with Crippen LogP contribution >= 0.6 is 0 Å². The molecule has 1 heterocycles. The largest absolute Gasteiger partial charge is 0.414 e. The summed E-state index contributed by atoms with van der Waals surface area (Å²) in [6.07, 6.45) is 0. The maximum atomic E-state index is 5.91. The van der Waals surface area contributed by atoms with Gasteiger partial charge in [0.25, 0.3) is 0 Å². The van der Waals surface area contributed by atoms with Crippen molar-refractivity contribution in [3.63, 3.8) is 0 Å². The van der Waals surface area contributed by atoms with Crippen LogP contribution < -0.4 is 5.23 Å². The fourth-order valence-electron chi connectivity index (χ4n) is 1.33. The molecule has 0 aromatic heterocycles. The maximum Gasteiger partial charge on any atom is 0.383 e. The van der Waals surface area contributed by atoms with Gasteiger partial charge in [0.1, 0.15) is 0 Å². The Balaban J connectivity index is 2.74. The van der Waals surface area contributed by atoms with Gasteiger partial charge in [-0.05, 0) is 33.5 Å². The van der Waals surface area contributed by atoms with Crippen LogP contribution in [0.25, 0.3) is 0 Å². The van der Waals surface area contributed by atoms with Gasteiger partial charge in [-0.15, -0.1) is 0 Å². The Kier molecular flexibility index (Phi) is 2.30. The van der Waals surface area contributed by atoms with E-state index in [9.17, 15) is 0 Å². The second-order valence-corrected chi connectivity index (χ2v) is 5.06. The van der Waals surface area contributed by atoms with Gasteiger partial charge in [0.15, 0.2) is 0 Å². The zero-order chi connectivity index (χ0) is 9.57. The van der Waals surface area contributed by atoms with E-state index >= 15 is 0 Å². The Hall–Kier alpha value is -0.0151. The molecule has 3 heteroatoms. The standard InChI is InChI=1S/C9H20BNO/c1-7(2)10-11-8(3,4)9(5,6)12-10/h7,11H,1-6H3. The minimum Gasteiger partial charge on any atom is -0.414 e. The molecule has 0 radical (unpaired) electrons. The summed E-state index contributed by atoms with van der Waals surface area (Å²) >= 11 is 0. The van der Waals surface area contributed by atoms with E-state index in [1.165, 1.54) is 0 Å². The van der Waals surface area contributed by atoms with E-state index in [2.05, 4.69) is 46.8 Å². The van der Waals surface area contributed by atoms with Crippen molar-refractivity contribution in [2.75, 3.05) is 0 Å². The average Bonchev–Trinajstić information content (AvgIpc) is 2.03. The number of hydrogen-bond acceptors (Lipinski definition) is 2. The smallest absolute Gasteiger partial charge is 0.383 e. The van der Waals surface area contributed by atoms with Crippen molar-refractivity contribution in [3.05, 3.63) is 0 Å². The highest BCUT2D eigenvalue weighted by atomic mass is 16.5. The first-order valence-corrected chi connectivity index (χ1v) is 4.72. The maximum absolute atomic E-state index is 5.91. The van der Waals surface area contributed by atoms with Gasteiger partial charge in [-0.2, -0.15) is 0 Å². The average molecular weight is 169 g/mol. The lowest BCUT2D eigenvalue weighted by Gasteiger charge is -2.33. The molecule has 12 heavy (non-hydrogen) atoms. The first-order valence-electron chi connectivity index (χ1n) is 4.72. The minimum absolute atomic E-state index is 0.0675. The Morgan fingerprint density at radius 2 is 1.67 bits per heavy atom. The van der Waals surface area contributed by atoms with Gasteiger partial charge < -0.3 is 9.88 Å². The summed E-state index contributed by atoms with van der Waals surface area (Å²) in [4.78, 5) is 0. The van der Waals surface area contributed by atoms with E-state index in [0.717, 1.165) is 0 Å². The number of rotatable bonds is 1. The SMILES string of the molecule is CC(C)B1NC(C)(C)C(C)(C)O1. The third-order valence-electron chi connectivity index (χ3n) is 3.04. The van der Waals surface area contributed by atoms with Gasteiger partial charge >= 0.3 is 7.05 Å². The zero-order valence-corrected chi connectivity index (χ0v) is 9.06. The lowest BCUT2D eigenvalue weighted by atomic mass is 9.69. The lowest BCUT2D eigenvalue weighted by Crippen LogP contribution is -2.49. The summed E-state index contributed by atoms with van der Waals surface area (Å²) in [6, 6.07) is 0. The summed E-state index contributed by atoms with van der Waals surface area (Å²) in [5.74, 6) is 0.533. The molecule has 0 aromatic carbocycles. The van der Waals surface area contributed by atoms with Crippen LogP contribution in [0.2, 0.25) is 5.82 Å². The Bertz CT molecular complexity index is 161. The quantitative estimate of drug-likeness (QED) is 0.606. The molecule has 0 atom stereocenters. The first-order chi connectivity index (χ1) is 5.26. The molecule has 1 rings (SSSR count). The summed E-state index contributed by atoms with van der Waals surface area (Å²) in [6.45, 7) is 13.0. The van der Waals surface area contributed by atoms with Gasteiger partial charge in [0, 0.05) is 5.54 Å². The Morgan fingerprint density at radius 1 is 1.17 bits per heavy atom. The Labute approximate surface area is 76.2 Å². The number of nitrogens with one attached hydrogen (secondary N) is 1. The molecule has 0 spiro atoms. The van der Waals surface area contributed by atoms with Crippen molar-refractivity contribution in [2.45, 2.75) is 58.5 Å². The van der Waals surface area contributed by atoms with Crippen molar-refractivity contribution >= 4 is 7.05 Å². The molecule has 1 fully saturated rings. The molecule has 1 saturated heterocycles. The van der Waals surface area contributed by atoms with E-state index in [-0.39, 0.29) is 18.2 Å². The van der Waals surface area contributed by atoms with Crippen molar-refractivity contribution in [1.29, 1.82) is 0 Å². The minimum atomic E-state index is -0.0675. The predicted octanol–water partition coefficient (Wildman–Crippen LogP) is 2.06. The van der Waals surface area contributed by atoms with Crippen molar-refractivity contribution in [3.8, 4) is 0 Å². The second kappa shape index (κ2) is 2.74. The molecule has 1 N–H and O–H groups in total. The van der Waals surface area contributed by atoms with Gasteiger partial charge in [-0.25, -0.2) is 0 Å². The summed E-state index contributed by atoms with van der Waals surface area (Å²) in [5.41, 5.74) is 0.00384. The second-order valence-electron chi connectivity index (χ2n) is 5.06. The molecule has 1 aliphatic heterocycles. The number of hydrogen-bond donors (Lipinski definition) is 1. The van der Waals surface area contributed by atoms with E-state index in [0.29, 0.717) is 5.82 Å². The van der Waals surface area contributed by atoms with Gasteiger partial charge in [-0.1, -0.05) is 13.8 Å². The van der Waals surface area contributed by atoms with Gasteiger partial charge in [0.05, 0.1) is 5.60 Å². The molecule has 0 bridgehead atoms.